The van der Waals surface area contributed by atoms with Crippen LogP contribution in [-0.2, 0) is 34.7 Å². The zero-order chi connectivity index (χ0) is 20.6. The first-order valence-electron chi connectivity index (χ1n) is 9.93. The zero-order valence-corrected chi connectivity index (χ0v) is 23.1. The molecule has 0 aliphatic carbocycles. The van der Waals surface area contributed by atoms with Crippen LogP contribution in [0.3, 0.4) is 0 Å². The van der Waals surface area contributed by atoms with E-state index in [2.05, 4.69) is 101 Å². The van der Waals surface area contributed by atoms with E-state index in [0.29, 0.717) is 20.6 Å². The molecule has 1 radical (unpaired) electrons. The number of rotatable bonds is 4. The van der Waals surface area contributed by atoms with E-state index in [-0.39, 0.29) is 38.2 Å². The number of pyridine rings is 1. The van der Waals surface area contributed by atoms with Gasteiger partial charge in [-0.3, -0.25) is 4.98 Å². The molecule has 4 heteroatoms. The first kappa shape index (κ1) is 27.8. The van der Waals surface area contributed by atoms with Gasteiger partial charge in [-0.2, -0.15) is 0 Å². The monoisotopic (exact) mass is 502 g/mol. The van der Waals surface area contributed by atoms with Gasteiger partial charge in [-0.25, -0.2) is 0 Å². The maximum atomic E-state index is 5.14. The summed E-state index contributed by atoms with van der Waals surface area (Å²) in [6, 6.07) is 6.72. The summed E-state index contributed by atoms with van der Waals surface area (Å²) >= 11 is 0. The minimum absolute atomic E-state index is 0. The quantitative estimate of drug-likeness (QED) is 0.298. The topological polar surface area (TPSA) is 12.9 Å². The van der Waals surface area contributed by atoms with Gasteiger partial charge in [-0.05, 0) is 32.8 Å². The van der Waals surface area contributed by atoms with E-state index in [9.17, 15) is 0 Å². The van der Waals surface area contributed by atoms with Gasteiger partial charge in [0.25, 0.3) is 0 Å². The molecule has 1 aromatic heterocycles. The second kappa shape index (κ2) is 9.71. The third-order valence-corrected chi connectivity index (χ3v) is 12.5. The van der Waals surface area contributed by atoms with E-state index in [1.165, 1.54) is 11.4 Å². The molecule has 0 aromatic carbocycles. The molecule has 0 fully saturated rings. The summed E-state index contributed by atoms with van der Waals surface area (Å²) in [4.78, 5) is 5.14. The Balaban J connectivity index is 0.00000676. The van der Waals surface area contributed by atoms with Gasteiger partial charge in [-0.15, -0.1) is 0 Å². The molecule has 0 N–H and O–H groups in total. The van der Waals surface area contributed by atoms with Crippen LogP contribution >= 0.6 is 15.8 Å². The predicted octanol–water partition coefficient (Wildman–Crippen LogP) is 8.24. The third kappa shape index (κ3) is 8.97. The Morgan fingerprint density at radius 3 is 1.07 bits per heavy atom. The molecule has 1 rings (SSSR count). The van der Waals surface area contributed by atoms with Crippen molar-refractivity contribution >= 4 is 15.8 Å². The molecule has 1 heterocycles. The Kier molecular flexibility index (Phi) is 9.98. The first-order chi connectivity index (χ1) is 11.4. The van der Waals surface area contributed by atoms with Crippen molar-refractivity contribution in [3.8, 4) is 0 Å². The second-order valence-electron chi connectivity index (χ2n) is 11.5. The number of nitrogens with zero attached hydrogens (tertiary/aromatic N) is 1. The third-order valence-electron chi connectivity index (χ3n) is 4.74. The van der Waals surface area contributed by atoms with Crippen molar-refractivity contribution in [3.05, 3.63) is 29.6 Å². The Morgan fingerprint density at radius 1 is 0.593 bits per heavy atom. The van der Waals surface area contributed by atoms with Gasteiger partial charge in [0.1, 0.15) is 0 Å². The molecule has 0 bridgehead atoms. The standard InChI is InChI=1S/C23H43NP2.Ag/c1-20(2,3)25(21(4,5)6)16-18-14-13-15-19(24-18)17-26(22(7,8)9)23(10,11)12;/h13-15H,16-17H2,1-12H3;. The Morgan fingerprint density at radius 2 is 0.852 bits per heavy atom. The van der Waals surface area contributed by atoms with Crippen molar-refractivity contribution in [3.63, 3.8) is 0 Å². The molecule has 1 nitrogen and oxygen atoms in total. The van der Waals surface area contributed by atoms with Crippen molar-refractivity contribution < 1.29 is 22.4 Å². The van der Waals surface area contributed by atoms with E-state index in [1.807, 2.05) is 0 Å². The van der Waals surface area contributed by atoms with Gasteiger partial charge in [0.2, 0.25) is 0 Å². The van der Waals surface area contributed by atoms with Crippen LogP contribution in [0.25, 0.3) is 0 Å². The Bertz CT molecular complexity index is 509. The molecule has 0 aliphatic heterocycles. The average molecular weight is 503 g/mol. The van der Waals surface area contributed by atoms with Crippen LogP contribution in [-0.4, -0.2) is 25.6 Å². The molecule has 0 unspecified atom stereocenters. The fourth-order valence-corrected chi connectivity index (χ4v) is 10.9. The zero-order valence-electron chi connectivity index (χ0n) is 19.8. The number of hydrogen-bond donors (Lipinski definition) is 0. The SMILES string of the molecule is CC(C)(C)P(Cc1cccc(CP(C(C)(C)C)C(C)(C)C)n1)C(C)(C)C.[Ag]. The van der Waals surface area contributed by atoms with Crippen LogP contribution < -0.4 is 0 Å². The average Bonchev–Trinajstić information content (AvgIpc) is 2.37. The molecule has 0 atom stereocenters. The summed E-state index contributed by atoms with van der Waals surface area (Å²) in [5.41, 5.74) is 2.58. The molecule has 27 heavy (non-hydrogen) atoms. The first-order valence-corrected chi connectivity index (χ1v) is 13.0. The molecule has 0 spiro atoms. The van der Waals surface area contributed by atoms with E-state index < -0.39 is 0 Å². The number of hydrogen-bond acceptors (Lipinski definition) is 1. The summed E-state index contributed by atoms with van der Waals surface area (Å²) < 4.78 is 0. The Labute approximate surface area is 188 Å². The summed E-state index contributed by atoms with van der Waals surface area (Å²) in [7, 11) is -0.308. The normalized spacial score (nSPS) is 13.9. The smallest absolute Gasteiger partial charge is 0.0450 e. The van der Waals surface area contributed by atoms with Crippen LogP contribution in [0.15, 0.2) is 18.2 Å². The van der Waals surface area contributed by atoms with Crippen LogP contribution in [0, 0.1) is 0 Å². The summed E-state index contributed by atoms with van der Waals surface area (Å²) in [6.07, 6.45) is 2.25. The van der Waals surface area contributed by atoms with Crippen LogP contribution in [0.4, 0.5) is 0 Å². The van der Waals surface area contributed by atoms with Crippen molar-refractivity contribution in [2.75, 3.05) is 0 Å². The fourth-order valence-electron chi connectivity index (χ4n) is 3.99. The van der Waals surface area contributed by atoms with Crippen molar-refractivity contribution in [1.29, 1.82) is 0 Å². The molecular formula is C23H43AgNP2. The molecule has 0 aliphatic rings. The molecule has 1 aromatic rings. The second-order valence-corrected chi connectivity index (χ2v) is 19.2. The van der Waals surface area contributed by atoms with Crippen molar-refractivity contribution in [2.24, 2.45) is 0 Å². The summed E-state index contributed by atoms with van der Waals surface area (Å²) in [6.45, 7) is 28.7. The largest absolute Gasteiger partial charge is 0.257 e. The molecule has 0 saturated carbocycles. The maximum Gasteiger partial charge on any atom is 0.0450 e. The van der Waals surface area contributed by atoms with Gasteiger partial charge in [0.15, 0.2) is 0 Å². The van der Waals surface area contributed by atoms with Crippen molar-refractivity contribution in [1.82, 2.24) is 4.98 Å². The van der Waals surface area contributed by atoms with Crippen LogP contribution in [0.2, 0.25) is 0 Å². The molecule has 0 saturated heterocycles. The van der Waals surface area contributed by atoms with Gasteiger partial charge >= 0.3 is 0 Å². The van der Waals surface area contributed by atoms with Crippen LogP contribution in [0.1, 0.15) is 94.5 Å². The fraction of sp³-hybridized carbons (Fsp3) is 0.783. The minimum Gasteiger partial charge on any atom is -0.257 e. The van der Waals surface area contributed by atoms with E-state index >= 15 is 0 Å². The van der Waals surface area contributed by atoms with Gasteiger partial charge in [0.05, 0.1) is 0 Å². The Hall–Kier alpha value is 0.750. The van der Waals surface area contributed by atoms with Gasteiger partial charge in [-0.1, -0.05) is 105 Å². The van der Waals surface area contributed by atoms with E-state index in [1.54, 1.807) is 0 Å². The van der Waals surface area contributed by atoms with Gasteiger partial charge in [0, 0.05) is 46.1 Å². The molecular weight excluding hydrogens is 460 g/mol. The van der Waals surface area contributed by atoms with Crippen molar-refractivity contribution in [2.45, 2.75) is 116 Å². The van der Waals surface area contributed by atoms with Crippen LogP contribution in [0.5, 0.6) is 0 Å². The van der Waals surface area contributed by atoms with Gasteiger partial charge < -0.3 is 0 Å². The molecule has 161 valence electrons. The van der Waals surface area contributed by atoms with E-state index in [0.717, 1.165) is 12.3 Å². The number of aromatic nitrogens is 1. The predicted molar refractivity (Wildman–Crippen MR) is 124 cm³/mol. The summed E-state index contributed by atoms with van der Waals surface area (Å²) in [5, 5.41) is 1.37. The minimum atomic E-state index is -0.154. The molecule has 0 amide bonds. The maximum absolute atomic E-state index is 5.14. The summed E-state index contributed by atoms with van der Waals surface area (Å²) in [5.74, 6) is 0. The van der Waals surface area contributed by atoms with E-state index in [4.69, 9.17) is 4.98 Å².